The third-order valence-electron chi connectivity index (χ3n) is 5.65. The van der Waals surface area contributed by atoms with Gasteiger partial charge in [-0.3, -0.25) is 4.79 Å². The molecule has 0 aromatic carbocycles. The van der Waals surface area contributed by atoms with Crippen LogP contribution in [0.5, 0.6) is 0 Å². The molecule has 6 heteroatoms. The fourth-order valence-electron chi connectivity index (χ4n) is 4.93. The Morgan fingerprint density at radius 1 is 1.32 bits per heavy atom. The molecule has 0 atom stereocenters. The quantitative estimate of drug-likeness (QED) is 0.742. The van der Waals surface area contributed by atoms with Gasteiger partial charge in [-0.15, -0.1) is 0 Å². The van der Waals surface area contributed by atoms with Gasteiger partial charge < -0.3 is 14.3 Å². The molecule has 3 aromatic heterocycles. The first kappa shape index (κ1) is 14.9. The highest BCUT2D eigenvalue weighted by Gasteiger charge is 2.69. The van der Waals surface area contributed by atoms with Gasteiger partial charge in [-0.1, -0.05) is 0 Å². The van der Waals surface area contributed by atoms with E-state index >= 15 is 0 Å². The van der Waals surface area contributed by atoms with E-state index in [1.165, 1.54) is 0 Å². The van der Waals surface area contributed by atoms with Crippen LogP contribution in [-0.2, 0) is 15.1 Å². The van der Waals surface area contributed by atoms with Gasteiger partial charge in [0.25, 0.3) is 0 Å². The maximum atomic E-state index is 12.2. The summed E-state index contributed by atoms with van der Waals surface area (Å²) < 4.78 is 7.82. The maximum absolute atomic E-state index is 12.2. The van der Waals surface area contributed by atoms with Crippen LogP contribution in [-0.4, -0.2) is 31.1 Å². The lowest BCUT2D eigenvalue weighted by molar-refractivity contribution is -0.203. The fourth-order valence-corrected chi connectivity index (χ4v) is 4.93. The van der Waals surface area contributed by atoms with Crippen LogP contribution in [0.1, 0.15) is 46.5 Å². The van der Waals surface area contributed by atoms with Crippen LogP contribution in [0.4, 0.5) is 0 Å². The predicted octanol–water partition coefficient (Wildman–Crippen LogP) is 3.52. The van der Waals surface area contributed by atoms with Crippen LogP contribution in [0.25, 0.3) is 22.1 Å². The molecule has 0 spiro atoms. The lowest BCUT2D eigenvalue weighted by Crippen LogP contribution is -2.68. The summed E-state index contributed by atoms with van der Waals surface area (Å²) in [5.41, 5.74) is 2.80. The molecule has 3 saturated carbocycles. The number of carbonyl (C=O) groups is 1. The molecular weight excluding hydrogens is 316 g/mol. The van der Waals surface area contributed by atoms with Gasteiger partial charge >= 0.3 is 5.97 Å². The van der Waals surface area contributed by atoms with Gasteiger partial charge in [0, 0.05) is 17.1 Å². The van der Waals surface area contributed by atoms with Gasteiger partial charge in [-0.25, -0.2) is 9.97 Å². The van der Waals surface area contributed by atoms with Crippen LogP contribution in [0, 0.1) is 5.41 Å². The van der Waals surface area contributed by atoms with Crippen molar-refractivity contribution in [3.8, 4) is 0 Å². The number of esters is 1. The second-order valence-electron chi connectivity index (χ2n) is 8.86. The van der Waals surface area contributed by atoms with Crippen molar-refractivity contribution in [1.29, 1.82) is 0 Å². The third kappa shape index (κ3) is 2.06. The first-order chi connectivity index (χ1) is 11.8. The number of hydrogen-bond acceptors (Lipinski definition) is 4. The summed E-state index contributed by atoms with van der Waals surface area (Å²) >= 11 is 0. The maximum Gasteiger partial charge on any atom is 0.306 e. The van der Waals surface area contributed by atoms with Crippen LogP contribution < -0.4 is 0 Å². The minimum atomic E-state index is -0.411. The number of imidazole rings is 1. The molecule has 25 heavy (non-hydrogen) atoms. The minimum absolute atomic E-state index is 0.0754. The molecule has 3 fully saturated rings. The lowest BCUT2D eigenvalue weighted by Gasteiger charge is -2.71. The SMILES string of the molecule is CC(C)(C)OC(=O)CC12CC(n3cnc4cnc5[nH]ccc5c43)(C1)C2. The van der Waals surface area contributed by atoms with Gasteiger partial charge in [0.2, 0.25) is 0 Å². The standard InChI is InChI=1S/C19H22N4O2/c1-17(2,3)25-14(24)6-18-8-19(9-18,10-18)23-11-22-13-7-21-16-12(15(13)23)4-5-20-16/h4-5,7,11H,6,8-10H2,1-3H3,(H,20,21). The Bertz CT molecular complexity index is 988. The van der Waals surface area contributed by atoms with Crippen molar-refractivity contribution < 1.29 is 9.53 Å². The normalized spacial score (nSPS) is 28.0. The number of H-pyrrole nitrogens is 1. The summed E-state index contributed by atoms with van der Waals surface area (Å²) in [5, 5.41) is 1.11. The molecule has 1 N–H and O–H groups in total. The van der Waals surface area contributed by atoms with E-state index in [0.29, 0.717) is 6.42 Å². The number of aromatic nitrogens is 4. The van der Waals surface area contributed by atoms with Gasteiger partial charge in [0.1, 0.15) is 16.8 Å². The van der Waals surface area contributed by atoms with Crippen LogP contribution in [0.15, 0.2) is 24.8 Å². The van der Waals surface area contributed by atoms with E-state index in [9.17, 15) is 4.79 Å². The van der Waals surface area contributed by atoms with Gasteiger partial charge in [-0.05, 0) is 51.5 Å². The summed E-state index contributed by atoms with van der Waals surface area (Å²) in [6, 6.07) is 2.06. The average molecular weight is 338 g/mol. The first-order valence-electron chi connectivity index (χ1n) is 8.81. The number of nitrogens with one attached hydrogen (secondary N) is 1. The fraction of sp³-hybridized carbons (Fsp3) is 0.526. The van der Waals surface area contributed by atoms with Crippen LogP contribution in [0.3, 0.4) is 0 Å². The Labute approximate surface area is 145 Å². The minimum Gasteiger partial charge on any atom is -0.460 e. The number of pyridine rings is 1. The summed E-state index contributed by atoms with van der Waals surface area (Å²) in [6.07, 6.45) is 9.29. The first-order valence-corrected chi connectivity index (χ1v) is 8.81. The van der Waals surface area contributed by atoms with Gasteiger partial charge in [-0.2, -0.15) is 0 Å². The molecule has 3 aliphatic carbocycles. The van der Waals surface area contributed by atoms with Gasteiger partial charge in [0.15, 0.2) is 0 Å². The molecule has 3 heterocycles. The number of aromatic amines is 1. The molecule has 0 aliphatic heterocycles. The Hall–Kier alpha value is -2.37. The van der Waals surface area contributed by atoms with Crippen molar-refractivity contribution in [1.82, 2.24) is 19.5 Å². The van der Waals surface area contributed by atoms with Crippen molar-refractivity contribution >= 4 is 28.0 Å². The second-order valence-corrected chi connectivity index (χ2v) is 8.86. The number of fused-ring (bicyclic) bond motifs is 3. The third-order valence-corrected chi connectivity index (χ3v) is 5.65. The number of ether oxygens (including phenoxy) is 1. The highest BCUT2D eigenvalue weighted by atomic mass is 16.6. The zero-order valence-electron chi connectivity index (χ0n) is 14.8. The molecule has 6 rings (SSSR count). The molecule has 0 amide bonds. The van der Waals surface area contributed by atoms with E-state index in [1.807, 2.05) is 39.5 Å². The summed E-state index contributed by atoms with van der Waals surface area (Å²) in [7, 11) is 0. The van der Waals surface area contributed by atoms with Crippen LogP contribution >= 0.6 is 0 Å². The van der Waals surface area contributed by atoms with E-state index in [2.05, 4.69) is 25.6 Å². The number of rotatable bonds is 3. The Morgan fingerprint density at radius 2 is 2.08 bits per heavy atom. The van der Waals surface area contributed by atoms with Crippen molar-refractivity contribution in [2.45, 2.75) is 57.6 Å². The van der Waals surface area contributed by atoms with Crippen molar-refractivity contribution in [3.05, 3.63) is 24.8 Å². The Kier molecular flexibility index (Phi) is 2.64. The van der Waals surface area contributed by atoms with Crippen molar-refractivity contribution in [2.24, 2.45) is 5.41 Å². The molecule has 0 radical (unpaired) electrons. The Balaban J connectivity index is 1.40. The lowest BCUT2D eigenvalue weighted by atomic mass is 9.38. The van der Waals surface area contributed by atoms with Gasteiger partial charge in [0.05, 0.1) is 24.5 Å². The molecular formula is C19H22N4O2. The monoisotopic (exact) mass is 338 g/mol. The highest BCUT2D eigenvalue weighted by molar-refractivity contribution is 6.01. The molecule has 3 aliphatic rings. The Morgan fingerprint density at radius 3 is 2.80 bits per heavy atom. The number of hydrogen-bond donors (Lipinski definition) is 1. The van der Waals surface area contributed by atoms with E-state index in [1.54, 1.807) is 0 Å². The van der Waals surface area contributed by atoms with Crippen LogP contribution in [0.2, 0.25) is 0 Å². The number of carbonyl (C=O) groups excluding carboxylic acids is 1. The van der Waals surface area contributed by atoms with E-state index in [4.69, 9.17) is 4.74 Å². The van der Waals surface area contributed by atoms with E-state index < -0.39 is 5.60 Å². The molecule has 0 unspecified atom stereocenters. The largest absolute Gasteiger partial charge is 0.460 e. The highest BCUT2D eigenvalue weighted by Crippen LogP contribution is 2.73. The number of nitrogens with zero attached hydrogens (tertiary/aromatic N) is 3. The van der Waals surface area contributed by atoms with Crippen molar-refractivity contribution in [3.63, 3.8) is 0 Å². The zero-order valence-corrected chi connectivity index (χ0v) is 14.8. The molecule has 0 saturated heterocycles. The summed E-state index contributed by atoms with van der Waals surface area (Å²) in [4.78, 5) is 24.3. The predicted molar refractivity (Wildman–Crippen MR) is 94.1 cm³/mol. The molecule has 2 bridgehead atoms. The smallest absolute Gasteiger partial charge is 0.306 e. The molecule has 6 nitrogen and oxygen atoms in total. The summed E-state index contributed by atoms with van der Waals surface area (Å²) in [6.45, 7) is 5.76. The second kappa shape index (κ2) is 4.42. The van der Waals surface area contributed by atoms with E-state index in [0.717, 1.165) is 41.3 Å². The van der Waals surface area contributed by atoms with E-state index in [-0.39, 0.29) is 16.9 Å². The summed E-state index contributed by atoms with van der Waals surface area (Å²) in [5.74, 6) is -0.0754. The molecule has 130 valence electrons. The molecule has 3 aromatic rings. The van der Waals surface area contributed by atoms with Crippen molar-refractivity contribution in [2.75, 3.05) is 0 Å². The average Bonchev–Trinajstić information content (AvgIpc) is 3.04. The zero-order chi connectivity index (χ0) is 17.4. The topological polar surface area (TPSA) is 72.8 Å².